The van der Waals surface area contributed by atoms with Crippen molar-refractivity contribution >= 4 is 39.4 Å². The van der Waals surface area contributed by atoms with Crippen molar-refractivity contribution in [2.24, 2.45) is 0 Å². The van der Waals surface area contributed by atoms with E-state index < -0.39 is 21.8 Å². The van der Waals surface area contributed by atoms with Crippen LogP contribution in [-0.4, -0.2) is 14.3 Å². The van der Waals surface area contributed by atoms with E-state index in [0.717, 1.165) is 5.56 Å². The van der Waals surface area contributed by atoms with E-state index in [0.29, 0.717) is 11.3 Å². The number of amides is 1. The average Bonchev–Trinajstić information content (AvgIpc) is 2.75. The van der Waals surface area contributed by atoms with Crippen molar-refractivity contribution in [1.29, 1.82) is 5.26 Å². The molecule has 0 spiro atoms. The number of anilines is 1. The zero-order valence-corrected chi connectivity index (χ0v) is 18.2. The van der Waals surface area contributed by atoms with Crippen LogP contribution in [0.3, 0.4) is 0 Å². The van der Waals surface area contributed by atoms with Crippen LogP contribution in [0.5, 0.6) is 5.75 Å². The van der Waals surface area contributed by atoms with Crippen LogP contribution in [0.15, 0.2) is 77.2 Å². The highest BCUT2D eigenvalue weighted by atomic mass is 35.5. The second kappa shape index (κ2) is 9.64. The smallest absolute Gasteiger partial charge is 0.339 e. The summed E-state index contributed by atoms with van der Waals surface area (Å²) in [5.74, 6) is -1.25. The number of nitrogens with zero attached hydrogens (tertiary/aromatic N) is 1. The fraction of sp³-hybridized carbons (Fsp3) is 0.0435. The fourth-order valence-corrected chi connectivity index (χ4v) is 3.81. The van der Waals surface area contributed by atoms with Crippen molar-refractivity contribution in [1.82, 2.24) is 0 Å². The number of rotatable bonds is 6. The maximum Gasteiger partial charge on any atom is 0.339 e. The molecule has 0 aliphatic carbocycles. The third-order valence-electron chi connectivity index (χ3n) is 4.24. The highest BCUT2D eigenvalue weighted by Gasteiger charge is 2.18. The van der Waals surface area contributed by atoms with Gasteiger partial charge in [-0.2, -0.15) is 13.7 Å². The van der Waals surface area contributed by atoms with E-state index in [4.69, 9.17) is 15.8 Å². The molecule has 0 fully saturated rings. The third kappa shape index (κ3) is 5.72. The van der Waals surface area contributed by atoms with Gasteiger partial charge in [0.25, 0.3) is 5.91 Å². The molecule has 6 nitrogen and oxygen atoms in total. The van der Waals surface area contributed by atoms with E-state index >= 15 is 0 Å². The minimum absolute atomic E-state index is 0.0210. The van der Waals surface area contributed by atoms with Crippen molar-refractivity contribution in [3.63, 3.8) is 0 Å². The van der Waals surface area contributed by atoms with Crippen LogP contribution in [-0.2, 0) is 14.9 Å². The Kier molecular flexibility index (Phi) is 6.93. The van der Waals surface area contributed by atoms with E-state index in [9.17, 15) is 22.9 Å². The molecule has 0 heterocycles. The average molecular weight is 471 g/mol. The van der Waals surface area contributed by atoms with Crippen molar-refractivity contribution in [3.05, 3.63) is 94.3 Å². The van der Waals surface area contributed by atoms with Crippen LogP contribution >= 0.6 is 11.6 Å². The molecular formula is C23H16ClFN2O4S. The number of carbonyl (C=O) groups is 1. The predicted molar refractivity (Wildman–Crippen MR) is 119 cm³/mol. The van der Waals surface area contributed by atoms with Crippen LogP contribution < -0.4 is 9.50 Å². The normalized spacial score (nSPS) is 11.5. The van der Waals surface area contributed by atoms with Crippen LogP contribution in [0, 0.1) is 24.1 Å². The number of aryl methyl sites for hydroxylation is 1. The Hall–Kier alpha value is -3.67. The topological polar surface area (TPSA) is 96.3 Å². The number of halogens is 2. The van der Waals surface area contributed by atoms with Crippen LogP contribution in [0.25, 0.3) is 6.08 Å². The number of hydrogen-bond donors (Lipinski definition) is 1. The van der Waals surface area contributed by atoms with Gasteiger partial charge in [-0.15, -0.1) is 0 Å². The van der Waals surface area contributed by atoms with Gasteiger partial charge in [-0.1, -0.05) is 35.4 Å². The largest absolute Gasteiger partial charge is 0.377 e. The Bertz CT molecular complexity index is 1330. The molecule has 0 radical (unpaired) electrons. The summed E-state index contributed by atoms with van der Waals surface area (Å²) in [5, 5.41) is 11.8. The first-order chi connectivity index (χ1) is 15.2. The van der Waals surface area contributed by atoms with Crippen LogP contribution in [0.2, 0.25) is 5.02 Å². The van der Waals surface area contributed by atoms with Gasteiger partial charge in [0.05, 0.1) is 5.02 Å². The molecule has 0 aliphatic rings. The van der Waals surface area contributed by atoms with Crippen molar-refractivity contribution < 1.29 is 21.8 Å². The molecule has 0 atom stereocenters. The van der Waals surface area contributed by atoms with Gasteiger partial charge in [0, 0.05) is 5.69 Å². The Balaban J connectivity index is 1.79. The first kappa shape index (κ1) is 23.0. The van der Waals surface area contributed by atoms with Crippen LogP contribution in [0.1, 0.15) is 11.1 Å². The van der Waals surface area contributed by atoms with Gasteiger partial charge in [0.2, 0.25) is 0 Å². The predicted octanol–water partition coefficient (Wildman–Crippen LogP) is 5.10. The van der Waals surface area contributed by atoms with Gasteiger partial charge in [-0.05, 0) is 67.1 Å². The number of benzene rings is 3. The van der Waals surface area contributed by atoms with Gasteiger partial charge < -0.3 is 9.50 Å². The highest BCUT2D eigenvalue weighted by molar-refractivity contribution is 7.87. The van der Waals surface area contributed by atoms with Gasteiger partial charge in [0.15, 0.2) is 5.75 Å². The first-order valence-corrected chi connectivity index (χ1v) is 11.0. The Morgan fingerprint density at radius 2 is 1.75 bits per heavy atom. The van der Waals surface area contributed by atoms with Gasteiger partial charge in [0.1, 0.15) is 22.4 Å². The standard InChI is InChI=1S/C23H16ClFN2O4S/c1-15-2-9-20(10-3-15)32(29,30)31-22-11-4-16(13-21(22)24)12-17(14-26)23(28)27-19-7-5-18(25)6-8-19/h2-13H,1H3,(H,27,28)/b17-12+. The number of carbonyl (C=O) groups excluding carboxylic acids is 1. The first-order valence-electron chi connectivity index (χ1n) is 9.17. The molecule has 0 aliphatic heterocycles. The van der Waals surface area contributed by atoms with Gasteiger partial charge in [-0.25, -0.2) is 4.39 Å². The molecule has 1 amide bonds. The molecule has 9 heteroatoms. The van der Waals surface area contributed by atoms with E-state index in [1.807, 2.05) is 6.92 Å². The molecule has 3 aromatic rings. The summed E-state index contributed by atoms with van der Waals surface area (Å²) in [6.45, 7) is 1.83. The lowest BCUT2D eigenvalue weighted by Crippen LogP contribution is -2.13. The number of nitrogens with one attached hydrogen (secondary N) is 1. The Morgan fingerprint density at radius 3 is 2.34 bits per heavy atom. The van der Waals surface area contributed by atoms with E-state index in [2.05, 4.69) is 5.32 Å². The molecule has 0 unspecified atom stereocenters. The number of hydrogen-bond acceptors (Lipinski definition) is 5. The second-order valence-corrected chi connectivity index (χ2v) is 8.62. The summed E-state index contributed by atoms with van der Waals surface area (Å²) in [4.78, 5) is 12.3. The molecule has 0 saturated heterocycles. The summed E-state index contributed by atoms with van der Waals surface area (Å²) in [7, 11) is -4.09. The van der Waals surface area contributed by atoms with E-state index in [1.165, 1.54) is 60.7 Å². The SMILES string of the molecule is Cc1ccc(S(=O)(=O)Oc2ccc(/C=C(\C#N)C(=O)Nc3ccc(F)cc3)cc2Cl)cc1. The van der Waals surface area contributed by atoms with E-state index in [1.54, 1.807) is 18.2 Å². The summed E-state index contributed by atoms with van der Waals surface area (Å²) in [6.07, 6.45) is 1.28. The van der Waals surface area contributed by atoms with Crippen molar-refractivity contribution in [2.45, 2.75) is 11.8 Å². The molecular weight excluding hydrogens is 455 g/mol. The molecule has 32 heavy (non-hydrogen) atoms. The van der Waals surface area contributed by atoms with Gasteiger partial charge in [-0.3, -0.25) is 4.79 Å². The second-order valence-electron chi connectivity index (χ2n) is 6.67. The zero-order valence-electron chi connectivity index (χ0n) is 16.7. The lowest BCUT2D eigenvalue weighted by Gasteiger charge is -2.09. The number of nitriles is 1. The van der Waals surface area contributed by atoms with Crippen molar-refractivity contribution in [3.8, 4) is 11.8 Å². The lowest BCUT2D eigenvalue weighted by molar-refractivity contribution is -0.112. The molecule has 1 N–H and O–H groups in total. The minimum atomic E-state index is -4.09. The minimum Gasteiger partial charge on any atom is -0.377 e. The summed E-state index contributed by atoms with van der Waals surface area (Å²) in [6, 6.07) is 17.1. The summed E-state index contributed by atoms with van der Waals surface area (Å²) >= 11 is 6.16. The van der Waals surface area contributed by atoms with Crippen LogP contribution in [0.4, 0.5) is 10.1 Å². The molecule has 3 aromatic carbocycles. The lowest BCUT2D eigenvalue weighted by atomic mass is 10.1. The monoisotopic (exact) mass is 470 g/mol. The molecule has 0 aromatic heterocycles. The molecule has 3 rings (SSSR count). The highest BCUT2D eigenvalue weighted by Crippen LogP contribution is 2.29. The summed E-state index contributed by atoms with van der Waals surface area (Å²) in [5.41, 5.74) is 1.36. The quantitative estimate of drug-likeness (QED) is 0.307. The zero-order chi connectivity index (χ0) is 23.3. The Morgan fingerprint density at radius 1 is 1.09 bits per heavy atom. The van der Waals surface area contributed by atoms with E-state index in [-0.39, 0.29) is 21.2 Å². The maximum absolute atomic E-state index is 13.0. The fourth-order valence-electron chi connectivity index (χ4n) is 2.59. The Labute approximate surface area is 189 Å². The van der Waals surface area contributed by atoms with Gasteiger partial charge >= 0.3 is 10.1 Å². The third-order valence-corrected chi connectivity index (χ3v) is 5.79. The maximum atomic E-state index is 13.0. The summed E-state index contributed by atoms with van der Waals surface area (Å²) < 4.78 is 43.0. The van der Waals surface area contributed by atoms with Crippen molar-refractivity contribution in [2.75, 3.05) is 5.32 Å². The molecule has 162 valence electrons. The molecule has 0 saturated carbocycles. The molecule has 0 bridgehead atoms.